The van der Waals surface area contributed by atoms with E-state index in [1.165, 1.54) is 43.5 Å². The predicted octanol–water partition coefficient (Wildman–Crippen LogP) is 4.00. The Morgan fingerprint density at radius 1 is 1.16 bits per heavy atom. The molecule has 0 bridgehead atoms. The molecule has 0 atom stereocenters. The standard InChI is InChI=1S/C17H12F2N2O3S/c1-23-15-7-4-11(8-13(15)19)14(22)9-25-17-21-20-16(24-17)10-2-5-12(18)6-3-10/h2-8H,9H2,1H3. The van der Waals surface area contributed by atoms with Gasteiger partial charge < -0.3 is 9.15 Å². The van der Waals surface area contributed by atoms with Crippen molar-refractivity contribution in [3.8, 4) is 17.2 Å². The first kappa shape index (κ1) is 17.1. The number of hydrogen-bond acceptors (Lipinski definition) is 6. The molecule has 8 heteroatoms. The lowest BCUT2D eigenvalue weighted by Gasteiger charge is -2.03. The summed E-state index contributed by atoms with van der Waals surface area (Å²) in [5.74, 6) is -0.940. The SMILES string of the molecule is COc1ccc(C(=O)CSc2nnc(-c3ccc(F)cc3)o2)cc1F. The minimum absolute atomic E-state index is 0.0107. The van der Waals surface area contributed by atoms with Gasteiger partial charge >= 0.3 is 0 Å². The minimum Gasteiger partial charge on any atom is -0.494 e. The molecular formula is C17H12F2N2O3S. The lowest BCUT2D eigenvalue weighted by Crippen LogP contribution is -2.03. The first-order valence-electron chi connectivity index (χ1n) is 7.16. The second-order valence-corrected chi connectivity index (χ2v) is 5.87. The van der Waals surface area contributed by atoms with E-state index >= 15 is 0 Å². The molecule has 0 N–H and O–H groups in total. The van der Waals surface area contributed by atoms with Gasteiger partial charge in [0.15, 0.2) is 17.3 Å². The number of benzene rings is 2. The fraction of sp³-hybridized carbons (Fsp3) is 0.118. The van der Waals surface area contributed by atoms with Gasteiger partial charge in [0.2, 0.25) is 5.89 Å². The summed E-state index contributed by atoms with van der Waals surface area (Å²) in [5, 5.41) is 7.88. The molecule has 1 aromatic heterocycles. The van der Waals surface area contributed by atoms with E-state index in [-0.39, 0.29) is 39.8 Å². The molecule has 2 aromatic carbocycles. The van der Waals surface area contributed by atoms with Crippen LogP contribution in [0, 0.1) is 11.6 Å². The van der Waals surface area contributed by atoms with Crippen molar-refractivity contribution in [2.24, 2.45) is 0 Å². The number of methoxy groups -OCH3 is 1. The van der Waals surface area contributed by atoms with Crippen LogP contribution in [0.25, 0.3) is 11.5 Å². The maximum atomic E-state index is 13.6. The summed E-state index contributed by atoms with van der Waals surface area (Å²) in [6, 6.07) is 9.61. The number of thioether (sulfide) groups is 1. The van der Waals surface area contributed by atoms with E-state index in [0.717, 1.165) is 17.8 Å². The van der Waals surface area contributed by atoms with Gasteiger partial charge in [-0.1, -0.05) is 11.8 Å². The fourth-order valence-electron chi connectivity index (χ4n) is 2.03. The van der Waals surface area contributed by atoms with E-state index < -0.39 is 5.82 Å². The van der Waals surface area contributed by atoms with Gasteiger partial charge in [0.25, 0.3) is 5.22 Å². The Bertz CT molecular complexity index is 897. The Hall–Kier alpha value is -2.74. The summed E-state index contributed by atoms with van der Waals surface area (Å²) in [6.45, 7) is 0. The average molecular weight is 362 g/mol. The summed E-state index contributed by atoms with van der Waals surface area (Å²) in [4.78, 5) is 12.1. The highest BCUT2D eigenvalue weighted by Gasteiger charge is 2.14. The third-order valence-electron chi connectivity index (χ3n) is 3.30. The molecule has 0 fully saturated rings. The highest BCUT2D eigenvalue weighted by Crippen LogP contribution is 2.25. The molecule has 0 aliphatic heterocycles. The Kier molecular flexibility index (Phi) is 5.08. The molecule has 3 rings (SSSR count). The van der Waals surface area contributed by atoms with Crippen molar-refractivity contribution in [2.45, 2.75) is 5.22 Å². The van der Waals surface area contributed by atoms with Crippen molar-refractivity contribution < 1.29 is 22.7 Å². The Labute approximate surface area is 146 Å². The molecule has 3 aromatic rings. The number of carbonyl (C=O) groups excluding carboxylic acids is 1. The molecule has 0 saturated heterocycles. The lowest BCUT2D eigenvalue weighted by molar-refractivity contribution is 0.102. The first-order valence-corrected chi connectivity index (χ1v) is 8.14. The Balaban J connectivity index is 1.65. The van der Waals surface area contributed by atoms with Crippen LogP contribution in [0.2, 0.25) is 0 Å². The predicted molar refractivity (Wildman–Crippen MR) is 87.7 cm³/mol. The van der Waals surface area contributed by atoms with Crippen LogP contribution in [-0.2, 0) is 0 Å². The van der Waals surface area contributed by atoms with E-state index in [9.17, 15) is 13.6 Å². The third kappa shape index (κ3) is 4.03. The highest BCUT2D eigenvalue weighted by atomic mass is 32.2. The van der Waals surface area contributed by atoms with E-state index in [2.05, 4.69) is 10.2 Å². The summed E-state index contributed by atoms with van der Waals surface area (Å²) in [5.41, 5.74) is 0.799. The van der Waals surface area contributed by atoms with E-state index in [0.29, 0.717) is 5.56 Å². The Morgan fingerprint density at radius 2 is 1.92 bits per heavy atom. The van der Waals surface area contributed by atoms with Gasteiger partial charge in [-0.15, -0.1) is 10.2 Å². The van der Waals surface area contributed by atoms with Crippen LogP contribution in [0.1, 0.15) is 10.4 Å². The fourth-order valence-corrected chi connectivity index (χ4v) is 2.69. The van der Waals surface area contributed by atoms with E-state index in [4.69, 9.17) is 9.15 Å². The summed E-state index contributed by atoms with van der Waals surface area (Å²) >= 11 is 1.04. The summed E-state index contributed by atoms with van der Waals surface area (Å²) in [6.07, 6.45) is 0. The zero-order chi connectivity index (χ0) is 17.8. The molecule has 5 nitrogen and oxygen atoms in total. The zero-order valence-electron chi connectivity index (χ0n) is 13.0. The molecule has 0 aliphatic rings. The van der Waals surface area contributed by atoms with Gasteiger partial charge in [-0.05, 0) is 42.5 Å². The zero-order valence-corrected chi connectivity index (χ0v) is 13.8. The first-order chi connectivity index (χ1) is 12.1. The maximum absolute atomic E-state index is 13.6. The van der Waals surface area contributed by atoms with Gasteiger partial charge in [0.05, 0.1) is 12.9 Å². The van der Waals surface area contributed by atoms with Crippen LogP contribution in [0.15, 0.2) is 52.1 Å². The van der Waals surface area contributed by atoms with Crippen LogP contribution < -0.4 is 4.74 Å². The Morgan fingerprint density at radius 3 is 2.60 bits per heavy atom. The monoisotopic (exact) mass is 362 g/mol. The molecule has 0 radical (unpaired) electrons. The summed E-state index contributed by atoms with van der Waals surface area (Å²) < 4.78 is 36.8. The average Bonchev–Trinajstić information content (AvgIpc) is 3.09. The number of nitrogens with zero attached hydrogens (tertiary/aromatic N) is 2. The maximum Gasteiger partial charge on any atom is 0.277 e. The van der Waals surface area contributed by atoms with Crippen LogP contribution in [-0.4, -0.2) is 28.8 Å². The van der Waals surface area contributed by atoms with E-state index in [1.807, 2.05) is 0 Å². The smallest absolute Gasteiger partial charge is 0.277 e. The van der Waals surface area contributed by atoms with Gasteiger partial charge in [-0.3, -0.25) is 4.79 Å². The number of carbonyl (C=O) groups is 1. The molecule has 0 saturated carbocycles. The third-order valence-corrected chi connectivity index (χ3v) is 4.12. The van der Waals surface area contributed by atoms with Crippen LogP contribution in [0.4, 0.5) is 8.78 Å². The lowest BCUT2D eigenvalue weighted by atomic mass is 10.1. The molecule has 25 heavy (non-hydrogen) atoms. The number of rotatable bonds is 6. The molecule has 128 valence electrons. The van der Waals surface area contributed by atoms with Gasteiger partial charge in [0.1, 0.15) is 5.82 Å². The molecular weight excluding hydrogens is 350 g/mol. The second-order valence-electron chi connectivity index (χ2n) is 4.94. The summed E-state index contributed by atoms with van der Waals surface area (Å²) in [7, 11) is 1.35. The van der Waals surface area contributed by atoms with Crippen molar-refractivity contribution in [1.29, 1.82) is 0 Å². The van der Waals surface area contributed by atoms with Gasteiger partial charge in [0, 0.05) is 11.1 Å². The molecule has 0 unspecified atom stereocenters. The largest absolute Gasteiger partial charge is 0.494 e. The van der Waals surface area contributed by atoms with Gasteiger partial charge in [-0.2, -0.15) is 0 Å². The number of ether oxygens (including phenoxy) is 1. The number of Topliss-reactive ketones (excluding diaryl/α,β-unsaturated/α-hetero) is 1. The quantitative estimate of drug-likeness (QED) is 0.488. The van der Waals surface area contributed by atoms with Crippen LogP contribution in [0.3, 0.4) is 0 Å². The number of ketones is 1. The molecule has 0 amide bonds. The molecule has 0 aliphatic carbocycles. The van der Waals surface area contributed by atoms with Crippen molar-refractivity contribution in [3.05, 3.63) is 59.7 Å². The highest BCUT2D eigenvalue weighted by molar-refractivity contribution is 7.99. The van der Waals surface area contributed by atoms with E-state index in [1.54, 1.807) is 0 Å². The van der Waals surface area contributed by atoms with Crippen molar-refractivity contribution in [2.75, 3.05) is 12.9 Å². The number of halogens is 2. The minimum atomic E-state index is -0.602. The van der Waals surface area contributed by atoms with Gasteiger partial charge in [-0.25, -0.2) is 8.78 Å². The molecule has 0 spiro atoms. The van der Waals surface area contributed by atoms with Crippen molar-refractivity contribution in [1.82, 2.24) is 10.2 Å². The second kappa shape index (κ2) is 7.43. The topological polar surface area (TPSA) is 65.2 Å². The molecule has 1 heterocycles. The number of hydrogen-bond donors (Lipinski definition) is 0. The van der Waals surface area contributed by atoms with Crippen molar-refractivity contribution in [3.63, 3.8) is 0 Å². The van der Waals surface area contributed by atoms with Crippen LogP contribution >= 0.6 is 11.8 Å². The van der Waals surface area contributed by atoms with Crippen molar-refractivity contribution >= 4 is 17.5 Å². The van der Waals surface area contributed by atoms with Crippen LogP contribution in [0.5, 0.6) is 5.75 Å². The normalized spacial score (nSPS) is 10.7. The number of aromatic nitrogens is 2.